The van der Waals surface area contributed by atoms with E-state index in [1.807, 2.05) is 0 Å². The van der Waals surface area contributed by atoms with Crippen molar-refractivity contribution in [2.45, 2.75) is 13.8 Å². The third-order valence-electron chi connectivity index (χ3n) is 1.56. The molecule has 0 amide bonds. The van der Waals surface area contributed by atoms with Gasteiger partial charge in [0.1, 0.15) is 5.75 Å². The largest absolute Gasteiger partial charge is 0.553 e. The van der Waals surface area contributed by atoms with Crippen LogP contribution in [0.1, 0.15) is 11.1 Å². The van der Waals surface area contributed by atoms with E-state index in [2.05, 4.69) is 32.0 Å². The summed E-state index contributed by atoms with van der Waals surface area (Å²) >= 11 is 0. The van der Waals surface area contributed by atoms with Crippen LogP contribution in [0.25, 0.3) is 0 Å². The molecule has 54 valence electrons. The zero-order valence-electron chi connectivity index (χ0n) is 6.64. The summed E-state index contributed by atoms with van der Waals surface area (Å²) in [4.78, 5) is 0. The fourth-order valence-corrected chi connectivity index (χ4v) is 1.37. The van der Waals surface area contributed by atoms with Gasteiger partial charge in [-0.25, -0.2) is 0 Å². The number of rotatable bonds is 1. The van der Waals surface area contributed by atoms with Gasteiger partial charge in [0.05, 0.1) is 0 Å². The lowest BCUT2D eigenvalue weighted by molar-refractivity contribution is 0.609. The van der Waals surface area contributed by atoms with E-state index in [0.29, 0.717) is 0 Å². The molecule has 0 unspecified atom stereocenters. The van der Waals surface area contributed by atoms with Crippen molar-refractivity contribution < 1.29 is 4.43 Å². The van der Waals surface area contributed by atoms with Gasteiger partial charge in [-0.05, 0) is 31.0 Å². The number of benzene rings is 1. The van der Waals surface area contributed by atoms with Crippen LogP contribution in [0.3, 0.4) is 0 Å². The van der Waals surface area contributed by atoms with Crippen molar-refractivity contribution >= 4 is 10.5 Å². The zero-order valence-corrected chi connectivity index (χ0v) is 8.64. The van der Waals surface area contributed by atoms with Gasteiger partial charge in [-0.1, -0.05) is 12.1 Å². The minimum Gasteiger partial charge on any atom is -0.553 e. The Labute approximate surface area is 64.6 Å². The standard InChI is InChI=1S/C8H12OSi/c1-6-3-4-7(2)8(5-6)9-10/h3-5H,1-2,10H3. The summed E-state index contributed by atoms with van der Waals surface area (Å²) in [5.74, 6) is 1.03. The molecular formula is C8H12OSi. The van der Waals surface area contributed by atoms with Crippen LogP contribution in [-0.4, -0.2) is 10.5 Å². The Bertz CT molecular complexity index is 233. The van der Waals surface area contributed by atoms with E-state index in [0.717, 1.165) is 16.2 Å². The molecule has 0 spiro atoms. The molecule has 0 saturated heterocycles. The maximum atomic E-state index is 5.26. The third kappa shape index (κ3) is 1.39. The van der Waals surface area contributed by atoms with Gasteiger partial charge in [0.15, 0.2) is 0 Å². The van der Waals surface area contributed by atoms with Gasteiger partial charge in [0, 0.05) is 0 Å². The summed E-state index contributed by atoms with van der Waals surface area (Å²) in [7, 11) is 0.773. The summed E-state index contributed by atoms with van der Waals surface area (Å²) < 4.78 is 5.26. The third-order valence-corrected chi connectivity index (χ3v) is 2.00. The van der Waals surface area contributed by atoms with E-state index in [-0.39, 0.29) is 0 Å². The maximum absolute atomic E-state index is 5.26. The van der Waals surface area contributed by atoms with Crippen molar-refractivity contribution in [3.63, 3.8) is 0 Å². The molecule has 0 aliphatic rings. The Hall–Kier alpha value is -0.763. The second-order valence-electron chi connectivity index (χ2n) is 2.47. The molecule has 0 radical (unpaired) electrons. The first-order valence-electron chi connectivity index (χ1n) is 3.35. The van der Waals surface area contributed by atoms with Crippen LogP contribution in [-0.2, 0) is 0 Å². The van der Waals surface area contributed by atoms with Gasteiger partial charge in [-0.2, -0.15) is 0 Å². The molecule has 1 aromatic carbocycles. The molecule has 0 bridgehead atoms. The molecule has 0 aliphatic heterocycles. The molecule has 0 saturated carbocycles. The predicted molar refractivity (Wildman–Crippen MR) is 46.5 cm³/mol. The molecular weight excluding hydrogens is 140 g/mol. The molecule has 0 aromatic heterocycles. The Kier molecular flexibility index (Phi) is 2.12. The van der Waals surface area contributed by atoms with Crippen molar-refractivity contribution in [2.75, 3.05) is 0 Å². The highest BCUT2D eigenvalue weighted by molar-refractivity contribution is 6.00. The van der Waals surface area contributed by atoms with Crippen LogP contribution < -0.4 is 4.43 Å². The van der Waals surface area contributed by atoms with Gasteiger partial charge >= 0.3 is 0 Å². The van der Waals surface area contributed by atoms with Crippen molar-refractivity contribution in [1.82, 2.24) is 0 Å². The summed E-state index contributed by atoms with van der Waals surface area (Å²) in [6.45, 7) is 4.14. The fraction of sp³-hybridized carbons (Fsp3) is 0.250. The lowest BCUT2D eigenvalue weighted by atomic mass is 10.1. The maximum Gasteiger partial charge on any atom is 0.204 e. The van der Waals surface area contributed by atoms with Crippen LogP contribution in [0.5, 0.6) is 5.75 Å². The normalized spacial score (nSPS) is 9.80. The fourth-order valence-electron chi connectivity index (χ4n) is 0.927. The molecule has 0 N–H and O–H groups in total. The first-order chi connectivity index (χ1) is 4.74. The molecule has 0 heterocycles. The van der Waals surface area contributed by atoms with Crippen LogP contribution in [0, 0.1) is 13.8 Å². The molecule has 0 aliphatic carbocycles. The van der Waals surface area contributed by atoms with E-state index in [9.17, 15) is 0 Å². The van der Waals surface area contributed by atoms with E-state index in [4.69, 9.17) is 4.43 Å². The highest BCUT2D eigenvalue weighted by Crippen LogP contribution is 2.17. The molecule has 0 fully saturated rings. The van der Waals surface area contributed by atoms with Crippen molar-refractivity contribution in [1.29, 1.82) is 0 Å². The number of hydrogen-bond acceptors (Lipinski definition) is 1. The van der Waals surface area contributed by atoms with Gasteiger partial charge in [0.25, 0.3) is 0 Å². The SMILES string of the molecule is Cc1ccc(C)c(O[SiH3])c1. The van der Waals surface area contributed by atoms with Crippen molar-refractivity contribution in [3.8, 4) is 5.75 Å². The Morgan fingerprint density at radius 2 is 2.00 bits per heavy atom. The van der Waals surface area contributed by atoms with Gasteiger partial charge in [-0.15, -0.1) is 0 Å². The molecule has 2 heteroatoms. The Morgan fingerprint density at radius 1 is 1.30 bits per heavy atom. The first kappa shape index (κ1) is 7.35. The second-order valence-corrected chi connectivity index (χ2v) is 2.88. The predicted octanol–water partition coefficient (Wildman–Crippen LogP) is 0.963. The van der Waals surface area contributed by atoms with E-state index in [1.54, 1.807) is 0 Å². The molecule has 10 heavy (non-hydrogen) atoms. The van der Waals surface area contributed by atoms with E-state index < -0.39 is 0 Å². The van der Waals surface area contributed by atoms with Crippen LogP contribution in [0.4, 0.5) is 0 Å². The minimum atomic E-state index is 0.773. The quantitative estimate of drug-likeness (QED) is 0.545. The summed E-state index contributed by atoms with van der Waals surface area (Å²) in [5.41, 5.74) is 2.48. The average molecular weight is 152 g/mol. The highest BCUT2D eigenvalue weighted by Gasteiger charge is 1.94. The van der Waals surface area contributed by atoms with Gasteiger partial charge < -0.3 is 4.43 Å². The van der Waals surface area contributed by atoms with Crippen LogP contribution >= 0.6 is 0 Å². The summed E-state index contributed by atoms with van der Waals surface area (Å²) in [6, 6.07) is 6.25. The Morgan fingerprint density at radius 3 is 2.50 bits per heavy atom. The lowest BCUT2D eigenvalue weighted by Gasteiger charge is -2.04. The van der Waals surface area contributed by atoms with E-state index in [1.165, 1.54) is 11.1 Å². The topological polar surface area (TPSA) is 9.23 Å². The van der Waals surface area contributed by atoms with Crippen LogP contribution in [0.15, 0.2) is 18.2 Å². The summed E-state index contributed by atoms with van der Waals surface area (Å²) in [5, 5.41) is 0. The highest BCUT2D eigenvalue weighted by atomic mass is 28.2. The monoisotopic (exact) mass is 152 g/mol. The number of aryl methyl sites for hydroxylation is 2. The van der Waals surface area contributed by atoms with Crippen LogP contribution in [0.2, 0.25) is 0 Å². The van der Waals surface area contributed by atoms with Crippen molar-refractivity contribution in [2.24, 2.45) is 0 Å². The van der Waals surface area contributed by atoms with Gasteiger partial charge in [0.2, 0.25) is 10.5 Å². The lowest BCUT2D eigenvalue weighted by Crippen LogP contribution is -1.88. The summed E-state index contributed by atoms with van der Waals surface area (Å²) in [6.07, 6.45) is 0. The second kappa shape index (κ2) is 2.88. The number of hydrogen-bond donors (Lipinski definition) is 0. The molecule has 0 atom stereocenters. The van der Waals surface area contributed by atoms with Crippen molar-refractivity contribution in [3.05, 3.63) is 29.3 Å². The molecule has 1 aromatic rings. The smallest absolute Gasteiger partial charge is 0.204 e. The zero-order chi connectivity index (χ0) is 7.56. The first-order valence-corrected chi connectivity index (χ1v) is 4.17. The average Bonchev–Trinajstić information content (AvgIpc) is 1.94. The van der Waals surface area contributed by atoms with Gasteiger partial charge in [-0.3, -0.25) is 0 Å². The Balaban J connectivity index is 3.09. The molecule has 1 nitrogen and oxygen atoms in total. The van der Waals surface area contributed by atoms with E-state index >= 15 is 0 Å². The molecule has 1 rings (SSSR count). The minimum absolute atomic E-state index is 0.773.